The van der Waals surface area contributed by atoms with E-state index in [0.717, 1.165) is 56.1 Å². The number of nitrogens with one attached hydrogen (secondary N) is 2. The Labute approximate surface area is 243 Å². The molecule has 7 nitrogen and oxygen atoms in total. The maximum atomic E-state index is 14.2. The first-order chi connectivity index (χ1) is 20.2. The summed E-state index contributed by atoms with van der Waals surface area (Å²) in [7, 11) is 0. The van der Waals surface area contributed by atoms with E-state index >= 15 is 0 Å². The lowest BCUT2D eigenvalue weighted by atomic mass is 9.88. The lowest BCUT2D eigenvalue weighted by Gasteiger charge is -2.33. The number of likely N-dealkylation sites (tertiary alicyclic amines) is 1. The van der Waals surface area contributed by atoms with Crippen LogP contribution in [0.5, 0.6) is 0 Å². The van der Waals surface area contributed by atoms with E-state index in [9.17, 15) is 18.0 Å². The minimum absolute atomic E-state index is 0.00752. The molecule has 0 spiro atoms. The Morgan fingerprint density at radius 1 is 1.10 bits per heavy atom. The molecule has 1 aliphatic heterocycles. The number of alkyl halides is 3. The van der Waals surface area contributed by atoms with Crippen molar-refractivity contribution < 1.29 is 18.0 Å². The molecular weight excluding hydrogens is 541 g/mol. The number of carbonyl (C=O) groups is 1. The molecule has 1 atom stereocenters. The molecule has 1 amide bonds. The van der Waals surface area contributed by atoms with Crippen molar-refractivity contribution in [3.63, 3.8) is 0 Å². The smallest absolute Gasteiger partial charge is 0.324 e. The van der Waals surface area contributed by atoms with Crippen molar-refractivity contribution in [2.24, 2.45) is 0 Å². The molecule has 1 fully saturated rings. The Morgan fingerprint density at radius 3 is 2.71 bits per heavy atom. The maximum absolute atomic E-state index is 14.2. The van der Waals surface area contributed by atoms with Crippen LogP contribution in [-0.4, -0.2) is 45.4 Å². The number of hydrogen-bond donors (Lipinski definition) is 2. The van der Waals surface area contributed by atoms with Gasteiger partial charge in [0.15, 0.2) is 0 Å². The first kappa shape index (κ1) is 29.2. The van der Waals surface area contributed by atoms with Crippen molar-refractivity contribution in [1.29, 1.82) is 0 Å². The zero-order valence-electron chi connectivity index (χ0n) is 23.6. The molecule has 2 aromatic carbocycles. The molecule has 0 radical (unpaired) electrons. The molecule has 218 valence electrons. The summed E-state index contributed by atoms with van der Waals surface area (Å²) in [6.45, 7) is 6.59. The van der Waals surface area contributed by atoms with Crippen molar-refractivity contribution >= 4 is 23.2 Å². The van der Waals surface area contributed by atoms with Gasteiger partial charge in [0.05, 0.1) is 16.8 Å². The number of carbonyl (C=O) groups excluding carboxylic acids is 1. The van der Waals surface area contributed by atoms with E-state index in [1.807, 2.05) is 19.1 Å². The molecule has 0 bridgehead atoms. The molecule has 5 rings (SSSR count). The number of halogens is 3. The highest BCUT2D eigenvalue weighted by molar-refractivity contribution is 6.05. The summed E-state index contributed by atoms with van der Waals surface area (Å²) in [5.74, 6) is -0.485. The van der Waals surface area contributed by atoms with Gasteiger partial charge in [-0.15, -0.1) is 0 Å². The van der Waals surface area contributed by atoms with E-state index in [1.165, 1.54) is 6.07 Å². The third-order valence-electron chi connectivity index (χ3n) is 7.47. The maximum Gasteiger partial charge on any atom is 0.417 e. The van der Waals surface area contributed by atoms with Crippen molar-refractivity contribution in [2.75, 3.05) is 30.3 Å². The van der Waals surface area contributed by atoms with Crippen LogP contribution in [0.1, 0.15) is 59.2 Å². The quantitative estimate of drug-likeness (QED) is 0.227. The van der Waals surface area contributed by atoms with Crippen LogP contribution in [-0.2, 0) is 6.18 Å². The lowest BCUT2D eigenvalue weighted by Crippen LogP contribution is -2.35. The van der Waals surface area contributed by atoms with Crippen molar-refractivity contribution in [2.45, 2.75) is 45.2 Å². The first-order valence-electron chi connectivity index (χ1n) is 14.1. The van der Waals surface area contributed by atoms with Crippen LogP contribution in [0.15, 0.2) is 73.2 Å². The number of piperidine rings is 1. The van der Waals surface area contributed by atoms with Crippen LogP contribution in [0.4, 0.5) is 30.5 Å². The number of pyridine rings is 1. The second-order valence-electron chi connectivity index (χ2n) is 10.6. The molecule has 0 aliphatic carbocycles. The summed E-state index contributed by atoms with van der Waals surface area (Å²) in [5, 5.41) is 5.80. The Balaban J connectivity index is 1.35. The van der Waals surface area contributed by atoms with E-state index < -0.39 is 23.2 Å². The van der Waals surface area contributed by atoms with Crippen LogP contribution in [0.2, 0.25) is 0 Å². The van der Waals surface area contributed by atoms with Crippen LogP contribution in [0.3, 0.4) is 0 Å². The molecule has 2 aromatic heterocycles. The summed E-state index contributed by atoms with van der Waals surface area (Å²) >= 11 is 0. The van der Waals surface area contributed by atoms with Crippen molar-refractivity contribution in [3.05, 3.63) is 95.4 Å². The predicted molar refractivity (Wildman–Crippen MR) is 158 cm³/mol. The third-order valence-corrected chi connectivity index (χ3v) is 7.47. The monoisotopic (exact) mass is 574 g/mol. The van der Waals surface area contributed by atoms with Gasteiger partial charge in [0.2, 0.25) is 5.95 Å². The Bertz CT molecular complexity index is 1540. The standard InChI is InChI=1S/C32H33F3N6O/c1-3-15-41-16-5-7-24(20-41)22-9-11-26(27(17-22)32(33,34)35)30(42)38-25-10-8-21(2)29(18-25)40-31-37-14-12-28(39-31)23-6-4-13-36-19-23/h4,6,8-14,17-19,24H,3,5,7,15-16,20H2,1-2H3,(H,38,42)(H,37,39,40). The average molecular weight is 575 g/mol. The molecule has 2 N–H and O–H groups in total. The molecule has 1 saturated heterocycles. The predicted octanol–water partition coefficient (Wildman–Crippen LogP) is 7.45. The SMILES string of the molecule is CCCN1CCCC(c2ccc(C(=O)Nc3ccc(C)c(Nc4nccc(-c5cccnc5)n4)c3)c(C(F)(F)F)c2)C1. The average Bonchev–Trinajstić information content (AvgIpc) is 2.99. The van der Waals surface area contributed by atoms with E-state index in [-0.39, 0.29) is 5.92 Å². The Hall–Kier alpha value is -4.31. The number of rotatable bonds is 8. The summed E-state index contributed by atoms with van der Waals surface area (Å²) in [4.78, 5) is 28.4. The highest BCUT2D eigenvalue weighted by Gasteiger charge is 2.36. The number of aromatic nitrogens is 3. The van der Waals surface area contributed by atoms with E-state index in [4.69, 9.17) is 0 Å². The second-order valence-corrected chi connectivity index (χ2v) is 10.6. The van der Waals surface area contributed by atoms with Gasteiger partial charge in [0.25, 0.3) is 5.91 Å². The van der Waals surface area contributed by atoms with E-state index in [0.29, 0.717) is 28.6 Å². The molecule has 1 unspecified atom stereocenters. The van der Waals surface area contributed by atoms with Crippen LogP contribution in [0.25, 0.3) is 11.3 Å². The number of aryl methyl sites for hydroxylation is 1. The molecule has 3 heterocycles. The topological polar surface area (TPSA) is 83.0 Å². The molecular formula is C32H33F3N6O. The van der Waals surface area contributed by atoms with Crippen LogP contribution in [0, 0.1) is 6.92 Å². The van der Waals surface area contributed by atoms with Crippen molar-refractivity contribution in [1.82, 2.24) is 19.9 Å². The molecule has 10 heteroatoms. The summed E-state index contributed by atoms with van der Waals surface area (Å²) in [6, 6.07) is 14.7. The fraction of sp³-hybridized carbons (Fsp3) is 0.312. The summed E-state index contributed by atoms with van der Waals surface area (Å²) in [6.07, 6.45) is 3.10. The second kappa shape index (κ2) is 12.7. The van der Waals surface area contributed by atoms with E-state index in [1.54, 1.807) is 48.9 Å². The number of benzene rings is 2. The lowest BCUT2D eigenvalue weighted by molar-refractivity contribution is -0.138. The number of nitrogens with zero attached hydrogens (tertiary/aromatic N) is 4. The fourth-order valence-corrected chi connectivity index (χ4v) is 5.34. The Morgan fingerprint density at radius 2 is 1.95 bits per heavy atom. The molecule has 1 aliphatic rings. The highest BCUT2D eigenvalue weighted by Crippen LogP contribution is 2.36. The number of amides is 1. The van der Waals surface area contributed by atoms with Gasteiger partial charge in [-0.2, -0.15) is 13.2 Å². The van der Waals surface area contributed by atoms with Gasteiger partial charge in [-0.3, -0.25) is 9.78 Å². The largest absolute Gasteiger partial charge is 0.417 e. The fourth-order valence-electron chi connectivity index (χ4n) is 5.34. The first-order valence-corrected chi connectivity index (χ1v) is 14.1. The van der Waals surface area contributed by atoms with Crippen LogP contribution >= 0.6 is 0 Å². The van der Waals surface area contributed by atoms with Gasteiger partial charge in [-0.05, 0) is 98.8 Å². The third kappa shape index (κ3) is 6.94. The highest BCUT2D eigenvalue weighted by atomic mass is 19.4. The van der Waals surface area contributed by atoms with Gasteiger partial charge in [0, 0.05) is 42.1 Å². The summed E-state index contributed by atoms with van der Waals surface area (Å²) < 4.78 is 42.6. The number of hydrogen-bond acceptors (Lipinski definition) is 6. The van der Waals surface area contributed by atoms with Gasteiger partial charge < -0.3 is 15.5 Å². The normalized spacial score (nSPS) is 15.8. The molecule has 0 saturated carbocycles. The van der Waals surface area contributed by atoms with Gasteiger partial charge in [0.1, 0.15) is 0 Å². The van der Waals surface area contributed by atoms with E-state index in [2.05, 4.69) is 37.4 Å². The Kier molecular flexibility index (Phi) is 8.82. The van der Waals surface area contributed by atoms with Crippen LogP contribution < -0.4 is 10.6 Å². The molecule has 4 aromatic rings. The van der Waals surface area contributed by atoms with Gasteiger partial charge in [-0.25, -0.2) is 9.97 Å². The summed E-state index contributed by atoms with van der Waals surface area (Å²) in [5.41, 5.74) is 2.59. The minimum atomic E-state index is -4.67. The van der Waals surface area contributed by atoms with Crippen molar-refractivity contribution in [3.8, 4) is 11.3 Å². The molecule has 42 heavy (non-hydrogen) atoms. The van der Waals surface area contributed by atoms with Gasteiger partial charge >= 0.3 is 6.18 Å². The zero-order valence-corrected chi connectivity index (χ0v) is 23.6. The number of anilines is 3. The van der Waals surface area contributed by atoms with Gasteiger partial charge in [-0.1, -0.05) is 19.1 Å². The zero-order chi connectivity index (χ0) is 29.7. The minimum Gasteiger partial charge on any atom is -0.324 e.